The molecule has 146 valence electrons. The summed E-state index contributed by atoms with van der Waals surface area (Å²) in [7, 11) is 4.66. The van der Waals surface area contributed by atoms with E-state index in [0.717, 1.165) is 21.7 Å². The van der Waals surface area contributed by atoms with Gasteiger partial charge in [0.25, 0.3) is 5.56 Å². The molecular formula is C20H17N5O4. The third-order valence-corrected chi connectivity index (χ3v) is 5.07. The highest BCUT2D eigenvalue weighted by Gasteiger charge is 2.22. The van der Waals surface area contributed by atoms with Crippen LogP contribution in [0.3, 0.4) is 0 Å². The molecule has 0 saturated carbocycles. The first-order valence-corrected chi connectivity index (χ1v) is 8.89. The van der Waals surface area contributed by atoms with Crippen LogP contribution in [0.5, 0.6) is 5.75 Å². The molecular weight excluding hydrogens is 374 g/mol. The Morgan fingerprint density at radius 1 is 1.03 bits per heavy atom. The van der Waals surface area contributed by atoms with Gasteiger partial charge in [0.05, 0.1) is 13.4 Å². The molecule has 9 heteroatoms. The summed E-state index contributed by atoms with van der Waals surface area (Å²) >= 11 is 0. The maximum Gasteiger partial charge on any atom is 0.332 e. The van der Waals surface area contributed by atoms with E-state index in [2.05, 4.69) is 4.98 Å². The zero-order valence-electron chi connectivity index (χ0n) is 16.0. The second-order valence-electron chi connectivity index (χ2n) is 6.68. The number of hydrogen-bond donors (Lipinski definition) is 0. The summed E-state index contributed by atoms with van der Waals surface area (Å²) in [6.45, 7) is 0. The Labute approximate surface area is 163 Å². The lowest BCUT2D eigenvalue weighted by Gasteiger charge is -2.08. The first-order valence-electron chi connectivity index (χ1n) is 8.89. The van der Waals surface area contributed by atoms with Crippen LogP contribution in [0.15, 0.2) is 62.9 Å². The van der Waals surface area contributed by atoms with Gasteiger partial charge >= 0.3 is 5.69 Å². The molecule has 0 aliphatic heterocycles. The molecule has 4 aromatic heterocycles. The van der Waals surface area contributed by atoms with Crippen molar-refractivity contribution < 1.29 is 9.15 Å². The van der Waals surface area contributed by atoms with E-state index in [1.54, 1.807) is 37.1 Å². The minimum absolute atomic E-state index is 0.321. The molecule has 0 N–H and O–H groups in total. The van der Waals surface area contributed by atoms with Crippen LogP contribution in [-0.4, -0.2) is 30.2 Å². The number of rotatable bonds is 3. The summed E-state index contributed by atoms with van der Waals surface area (Å²) in [5.74, 6) is 1.84. The van der Waals surface area contributed by atoms with Gasteiger partial charge in [0.15, 0.2) is 16.9 Å². The number of benzene rings is 1. The van der Waals surface area contributed by atoms with Gasteiger partial charge in [-0.05, 0) is 36.4 Å². The maximum atomic E-state index is 12.8. The Hall–Kier alpha value is -4.01. The monoisotopic (exact) mass is 391 g/mol. The van der Waals surface area contributed by atoms with E-state index in [9.17, 15) is 9.59 Å². The van der Waals surface area contributed by atoms with E-state index in [1.165, 1.54) is 11.6 Å². The molecule has 0 spiro atoms. The molecule has 9 nitrogen and oxygen atoms in total. The Morgan fingerprint density at radius 2 is 1.79 bits per heavy atom. The quantitative estimate of drug-likeness (QED) is 0.469. The SMILES string of the molecule is COc1ccc(-n2c(-c3ccco3)cn3c4c(=O)n(C)c(=O)n(C)c4nc23)cc1. The highest BCUT2D eigenvalue weighted by molar-refractivity contribution is 5.78. The van der Waals surface area contributed by atoms with E-state index in [0.29, 0.717) is 22.7 Å². The van der Waals surface area contributed by atoms with Crippen molar-refractivity contribution in [3.8, 4) is 22.9 Å². The molecule has 0 bridgehead atoms. The van der Waals surface area contributed by atoms with Crippen molar-refractivity contribution in [1.29, 1.82) is 0 Å². The van der Waals surface area contributed by atoms with Gasteiger partial charge in [-0.15, -0.1) is 0 Å². The van der Waals surface area contributed by atoms with E-state index in [1.807, 2.05) is 34.9 Å². The fourth-order valence-corrected chi connectivity index (χ4v) is 3.55. The van der Waals surface area contributed by atoms with Gasteiger partial charge in [-0.3, -0.25) is 22.9 Å². The third kappa shape index (κ3) is 2.30. The summed E-state index contributed by atoms with van der Waals surface area (Å²) in [6.07, 6.45) is 3.38. The largest absolute Gasteiger partial charge is 0.497 e. The van der Waals surface area contributed by atoms with Crippen molar-refractivity contribution in [2.45, 2.75) is 0 Å². The van der Waals surface area contributed by atoms with Gasteiger partial charge < -0.3 is 9.15 Å². The molecule has 0 unspecified atom stereocenters. The average molecular weight is 391 g/mol. The van der Waals surface area contributed by atoms with Crippen molar-refractivity contribution in [1.82, 2.24) is 23.1 Å². The van der Waals surface area contributed by atoms with Crippen LogP contribution in [-0.2, 0) is 14.1 Å². The second kappa shape index (κ2) is 5.99. The van der Waals surface area contributed by atoms with Crippen LogP contribution in [0, 0.1) is 0 Å². The lowest BCUT2D eigenvalue weighted by Crippen LogP contribution is -2.37. The lowest BCUT2D eigenvalue weighted by atomic mass is 10.2. The van der Waals surface area contributed by atoms with Crippen LogP contribution in [0.4, 0.5) is 0 Å². The van der Waals surface area contributed by atoms with Crippen LogP contribution in [0.1, 0.15) is 0 Å². The molecule has 0 amide bonds. The summed E-state index contributed by atoms with van der Waals surface area (Å²) in [4.78, 5) is 29.8. The number of methoxy groups -OCH3 is 1. The standard InChI is InChI=1S/C20H17N5O4/c1-22-17-16(18(26)23(2)20(22)27)24-11-14(15-5-4-10-29-15)25(19(24)21-17)12-6-8-13(28-3)9-7-12/h4-11H,1-3H3. The minimum Gasteiger partial charge on any atom is -0.497 e. The van der Waals surface area contributed by atoms with Gasteiger partial charge in [0.2, 0.25) is 5.78 Å². The number of aromatic nitrogens is 5. The average Bonchev–Trinajstić information content (AvgIpc) is 3.45. The maximum absolute atomic E-state index is 12.8. The number of hydrogen-bond acceptors (Lipinski definition) is 5. The smallest absolute Gasteiger partial charge is 0.332 e. The number of furan rings is 1. The number of imidazole rings is 2. The van der Waals surface area contributed by atoms with E-state index < -0.39 is 11.2 Å². The fourth-order valence-electron chi connectivity index (χ4n) is 3.55. The van der Waals surface area contributed by atoms with Gasteiger partial charge in [0, 0.05) is 26.0 Å². The number of ether oxygens (including phenoxy) is 1. The zero-order valence-corrected chi connectivity index (χ0v) is 16.0. The van der Waals surface area contributed by atoms with E-state index in [-0.39, 0.29) is 0 Å². The fraction of sp³-hybridized carbons (Fsp3) is 0.150. The molecule has 29 heavy (non-hydrogen) atoms. The molecule has 0 radical (unpaired) electrons. The van der Waals surface area contributed by atoms with Crippen molar-refractivity contribution in [2.24, 2.45) is 14.1 Å². The van der Waals surface area contributed by atoms with Crippen LogP contribution >= 0.6 is 0 Å². The van der Waals surface area contributed by atoms with Gasteiger partial charge in [0.1, 0.15) is 11.4 Å². The predicted molar refractivity (Wildman–Crippen MR) is 107 cm³/mol. The molecule has 0 fully saturated rings. The lowest BCUT2D eigenvalue weighted by molar-refractivity contribution is 0.415. The first kappa shape index (κ1) is 17.1. The first-order chi connectivity index (χ1) is 14.0. The number of nitrogens with zero attached hydrogens (tertiary/aromatic N) is 5. The van der Waals surface area contributed by atoms with E-state index in [4.69, 9.17) is 9.15 Å². The molecule has 1 aromatic carbocycles. The number of aryl methyl sites for hydroxylation is 1. The summed E-state index contributed by atoms with van der Waals surface area (Å²) in [5.41, 5.74) is 1.34. The minimum atomic E-state index is -0.425. The molecule has 5 aromatic rings. The number of fused-ring (bicyclic) bond motifs is 3. The van der Waals surface area contributed by atoms with Gasteiger partial charge in [-0.25, -0.2) is 4.79 Å². The van der Waals surface area contributed by atoms with E-state index >= 15 is 0 Å². The molecule has 0 aliphatic rings. The van der Waals surface area contributed by atoms with Crippen molar-refractivity contribution in [2.75, 3.05) is 7.11 Å². The summed E-state index contributed by atoms with van der Waals surface area (Å²) < 4.78 is 16.9. The van der Waals surface area contributed by atoms with Crippen molar-refractivity contribution >= 4 is 16.9 Å². The summed E-state index contributed by atoms with van der Waals surface area (Å²) in [6, 6.07) is 11.1. The Bertz CT molecular complexity index is 1480. The molecule has 0 saturated heterocycles. The molecule has 0 aliphatic carbocycles. The normalized spacial score (nSPS) is 11.6. The highest BCUT2D eigenvalue weighted by atomic mass is 16.5. The van der Waals surface area contributed by atoms with Crippen molar-refractivity contribution in [3.63, 3.8) is 0 Å². The molecule has 4 heterocycles. The zero-order chi connectivity index (χ0) is 20.3. The molecule has 5 rings (SSSR count). The topological polar surface area (TPSA) is 88.6 Å². The van der Waals surface area contributed by atoms with Crippen LogP contribution in [0.2, 0.25) is 0 Å². The van der Waals surface area contributed by atoms with Crippen molar-refractivity contribution in [3.05, 3.63) is 69.7 Å². The highest BCUT2D eigenvalue weighted by Crippen LogP contribution is 2.29. The molecule has 0 atom stereocenters. The Balaban J connectivity index is 1.94. The Morgan fingerprint density at radius 3 is 2.45 bits per heavy atom. The predicted octanol–water partition coefficient (Wildman–Crippen LogP) is 1.94. The third-order valence-electron chi connectivity index (χ3n) is 5.07. The van der Waals surface area contributed by atoms with Crippen LogP contribution < -0.4 is 16.0 Å². The van der Waals surface area contributed by atoms with Crippen LogP contribution in [0.25, 0.3) is 34.1 Å². The summed E-state index contributed by atoms with van der Waals surface area (Å²) in [5, 5.41) is 0. The van der Waals surface area contributed by atoms with Gasteiger partial charge in [-0.1, -0.05) is 0 Å². The second-order valence-corrected chi connectivity index (χ2v) is 6.68. The van der Waals surface area contributed by atoms with Gasteiger partial charge in [-0.2, -0.15) is 4.98 Å². The Kier molecular flexibility index (Phi) is 3.54.